The Balaban J connectivity index is 1.89. The molecule has 14 heteroatoms. The van der Waals surface area contributed by atoms with Crippen LogP contribution in [-0.2, 0) is 20.8 Å². The number of carbonyl (C=O) groups excluding carboxylic acids is 1. The molecule has 5 rings (SSSR count). The van der Waals surface area contributed by atoms with E-state index >= 15 is 0 Å². The van der Waals surface area contributed by atoms with Gasteiger partial charge in [-0.2, -0.15) is 0 Å². The van der Waals surface area contributed by atoms with Crippen molar-refractivity contribution in [3.8, 4) is 0 Å². The molecule has 1 aromatic heterocycles. The van der Waals surface area contributed by atoms with Crippen LogP contribution in [0.4, 0.5) is 0 Å². The highest BCUT2D eigenvalue weighted by Gasteiger charge is 2.35. The van der Waals surface area contributed by atoms with Gasteiger partial charge >= 0.3 is 11.9 Å². The Hall–Kier alpha value is -5.96. The van der Waals surface area contributed by atoms with Gasteiger partial charge in [0.1, 0.15) is 17.8 Å². The number of aliphatic imine (C=N–C) groups is 3. The lowest BCUT2D eigenvalue weighted by Gasteiger charge is -2.22. The van der Waals surface area contributed by atoms with E-state index < -0.39 is 48.9 Å². The fourth-order valence-corrected chi connectivity index (χ4v) is 6.79. The molecule has 4 aliphatic heterocycles. The average molecular weight is 737 g/mol. The molecule has 4 aliphatic rings. The summed E-state index contributed by atoms with van der Waals surface area (Å²) < 4.78 is 0. The number of nitrogens with zero attached hydrogens (tertiary/aromatic N) is 3. The van der Waals surface area contributed by atoms with E-state index in [-0.39, 0.29) is 42.7 Å². The van der Waals surface area contributed by atoms with Crippen LogP contribution < -0.4 is 11.1 Å². The second-order valence-electron chi connectivity index (χ2n) is 13.2. The summed E-state index contributed by atoms with van der Waals surface area (Å²) in [5, 5.41) is 53.6. The Bertz CT molecular complexity index is 2200. The Morgan fingerprint density at radius 2 is 1.43 bits per heavy atom. The normalized spacial score (nSPS) is 18.7. The number of rotatable bonds is 13. The number of allylic oxidation sites excluding steroid dienone is 9. The predicted octanol–water partition coefficient (Wildman–Crippen LogP) is 4.08. The van der Waals surface area contributed by atoms with Gasteiger partial charge in [0.25, 0.3) is 0 Å². The number of aliphatic hydroxyl groups excluding tert-OH is 3. The minimum absolute atomic E-state index is 0.0892. The molecule has 0 unspecified atom stereocenters. The average Bonchev–Trinajstić information content (AvgIpc) is 3.81. The number of fused-ring (bicyclic) bond motifs is 5. The highest BCUT2D eigenvalue weighted by molar-refractivity contribution is 6.38. The van der Waals surface area contributed by atoms with Crippen molar-refractivity contribution in [2.75, 3.05) is 13.2 Å². The van der Waals surface area contributed by atoms with E-state index in [1.165, 1.54) is 0 Å². The van der Waals surface area contributed by atoms with Gasteiger partial charge in [-0.15, -0.1) is 0 Å². The minimum Gasteiger partial charge on any atom is -0.509 e. The second-order valence-corrected chi connectivity index (χ2v) is 13.2. The fourth-order valence-electron chi connectivity index (χ4n) is 6.79. The van der Waals surface area contributed by atoms with Crippen LogP contribution in [0, 0.1) is 6.92 Å². The van der Waals surface area contributed by atoms with Crippen LogP contribution >= 0.6 is 0 Å². The van der Waals surface area contributed by atoms with Gasteiger partial charge in [0.2, 0.25) is 5.91 Å². The van der Waals surface area contributed by atoms with E-state index in [1.54, 1.807) is 31.2 Å². The Morgan fingerprint density at radius 3 is 2.04 bits per heavy atom. The van der Waals surface area contributed by atoms with Gasteiger partial charge in [-0.25, -0.2) is 15.0 Å². The molecular weight excluding hydrogens is 692 g/mol. The van der Waals surface area contributed by atoms with Crippen molar-refractivity contribution >= 4 is 47.1 Å². The number of carboxylic acid groups (broad SMARTS) is 2. The number of H-pyrrole nitrogens is 1. The molecule has 2 atom stereocenters. The summed E-state index contributed by atoms with van der Waals surface area (Å²) in [5.74, 6) is -3.23. The number of amides is 1. The first-order valence-electron chi connectivity index (χ1n) is 17.3. The topological polar surface area (TPSA) is 243 Å². The maximum absolute atomic E-state index is 12.8. The molecule has 9 N–H and O–H groups in total. The number of carbonyl (C=O) groups is 3. The van der Waals surface area contributed by atoms with Gasteiger partial charge in [0.15, 0.2) is 0 Å². The molecule has 8 bridgehead atoms. The Kier molecular flexibility index (Phi) is 11.6. The van der Waals surface area contributed by atoms with Crippen LogP contribution in [0.2, 0.25) is 0 Å². The maximum atomic E-state index is 12.8. The Labute approximate surface area is 312 Å². The monoisotopic (exact) mass is 736 g/mol. The highest BCUT2D eigenvalue weighted by atomic mass is 16.4. The lowest BCUT2D eigenvalue weighted by Crippen LogP contribution is -2.49. The molecule has 5 heterocycles. The number of nitrogens with two attached hydrogens (primary N) is 1. The summed E-state index contributed by atoms with van der Waals surface area (Å²) in [7, 11) is 0. The molecule has 54 heavy (non-hydrogen) atoms. The zero-order chi connectivity index (χ0) is 39.6. The van der Waals surface area contributed by atoms with Crippen LogP contribution in [0.25, 0.3) is 12.2 Å². The quantitative estimate of drug-likeness (QED) is 0.136. The zero-order valence-electron chi connectivity index (χ0n) is 30.6. The summed E-state index contributed by atoms with van der Waals surface area (Å²) in [6.45, 7) is 13.9. The molecule has 14 nitrogen and oxygen atoms in total. The van der Waals surface area contributed by atoms with Crippen LogP contribution in [0.1, 0.15) is 62.5 Å². The van der Waals surface area contributed by atoms with Gasteiger partial charge in [0.05, 0.1) is 53.0 Å². The zero-order valence-corrected chi connectivity index (χ0v) is 30.6. The molecule has 1 amide bonds. The smallest absolute Gasteiger partial charge is 0.303 e. The number of aromatic nitrogens is 1. The summed E-state index contributed by atoms with van der Waals surface area (Å²) >= 11 is 0. The third-order valence-electron chi connectivity index (χ3n) is 9.89. The standard InChI is InChI=1S/C40H44N6O8/c1-7-22-21(6)37-36(39(53)33(17-48)46-40(54)26(41)16-47)38-23(8-2)18(3)29(44-38)13-27-19(4)24(9-11-34(49)50)31(42-27)15-32-25(10-12-35(51)52)20(5)28(43-32)14-30(22)45-37/h7-8,13-15,26,33,43,47-48,53H,1-2,9-12,16-17,41H2,3-6H3,(H,46,54)(H,49,50)(H,51,52)/t26-,33-/m0/s1. The predicted molar refractivity (Wildman–Crippen MR) is 207 cm³/mol. The molecule has 282 valence electrons. The molecule has 0 aromatic carbocycles. The summed E-state index contributed by atoms with van der Waals surface area (Å²) in [6.07, 6.45) is 8.66. The highest BCUT2D eigenvalue weighted by Crippen LogP contribution is 2.39. The number of aromatic amines is 1. The third-order valence-corrected chi connectivity index (χ3v) is 9.89. The van der Waals surface area contributed by atoms with E-state index in [0.29, 0.717) is 62.1 Å². The van der Waals surface area contributed by atoms with Crippen molar-refractivity contribution in [1.82, 2.24) is 10.3 Å². The first-order valence-corrected chi connectivity index (χ1v) is 17.3. The van der Waals surface area contributed by atoms with Crippen molar-refractivity contribution in [2.45, 2.75) is 65.5 Å². The number of aliphatic carboxylic acids is 2. The molecule has 0 saturated heterocycles. The third kappa shape index (κ3) is 7.44. The van der Waals surface area contributed by atoms with Crippen molar-refractivity contribution in [3.05, 3.63) is 116 Å². The summed E-state index contributed by atoms with van der Waals surface area (Å²) in [6, 6.07) is -2.70. The molecule has 0 saturated carbocycles. The maximum Gasteiger partial charge on any atom is 0.303 e. The van der Waals surface area contributed by atoms with Crippen molar-refractivity contribution in [1.29, 1.82) is 0 Å². The van der Waals surface area contributed by atoms with Crippen LogP contribution in [0.15, 0.2) is 108 Å². The molecule has 0 aliphatic carbocycles. The van der Waals surface area contributed by atoms with Crippen LogP contribution in [0.5, 0.6) is 0 Å². The summed E-state index contributed by atoms with van der Waals surface area (Å²) in [4.78, 5) is 54.5. The molecule has 0 fully saturated rings. The largest absolute Gasteiger partial charge is 0.509 e. The number of hydrogen-bond acceptors (Lipinski definition) is 10. The number of hydrogen-bond donors (Lipinski definition) is 8. The fraction of sp³-hybridized carbons (Fsp3) is 0.300. The van der Waals surface area contributed by atoms with E-state index in [1.807, 2.05) is 26.8 Å². The molecule has 1 aromatic rings. The Morgan fingerprint density at radius 1 is 0.796 bits per heavy atom. The second kappa shape index (κ2) is 16.0. The van der Waals surface area contributed by atoms with Gasteiger partial charge in [0, 0.05) is 35.4 Å². The van der Waals surface area contributed by atoms with Crippen LogP contribution in [-0.4, -0.2) is 90.8 Å². The molecule has 0 spiro atoms. The lowest BCUT2D eigenvalue weighted by atomic mass is 9.90. The van der Waals surface area contributed by atoms with Crippen molar-refractivity contribution in [2.24, 2.45) is 20.7 Å². The first kappa shape index (κ1) is 39.3. The minimum atomic E-state index is -1.38. The number of carboxylic acids is 2. The van der Waals surface area contributed by atoms with Gasteiger partial charge in [-0.3, -0.25) is 14.4 Å². The van der Waals surface area contributed by atoms with E-state index in [4.69, 9.17) is 20.7 Å². The van der Waals surface area contributed by atoms with E-state index in [9.17, 15) is 39.9 Å². The van der Waals surface area contributed by atoms with Gasteiger partial charge < -0.3 is 41.6 Å². The SMILES string of the molecule is C=CC1=C(C)C2=NC1=Cc1[nH]c(c(CCC(=O)O)c1C)C=C1N=C(C=C3N=C(C(C=C)=C3C)C2=C(O)[C@H](CO)NC(=O)[C@@H](N)CO)C(C)=C1CCC(=O)O. The van der Waals surface area contributed by atoms with Crippen molar-refractivity contribution < 1.29 is 39.9 Å². The van der Waals surface area contributed by atoms with Crippen LogP contribution in [0.3, 0.4) is 0 Å². The van der Waals surface area contributed by atoms with Crippen molar-refractivity contribution in [3.63, 3.8) is 0 Å². The molecule has 0 radical (unpaired) electrons. The van der Waals surface area contributed by atoms with Gasteiger partial charge in [-0.1, -0.05) is 25.3 Å². The first-order chi connectivity index (χ1) is 25.6. The van der Waals surface area contributed by atoms with Gasteiger partial charge in [-0.05, 0) is 92.2 Å². The van der Waals surface area contributed by atoms with E-state index in [2.05, 4.69) is 23.5 Å². The number of aliphatic hydroxyl groups is 3. The van der Waals surface area contributed by atoms with E-state index in [0.717, 1.165) is 16.7 Å². The lowest BCUT2D eigenvalue weighted by molar-refractivity contribution is -0.138. The summed E-state index contributed by atoms with van der Waals surface area (Å²) in [5.41, 5.74) is 14.9. The number of nitrogens with one attached hydrogen (secondary N) is 2. The molecular formula is C40H44N6O8.